The predicted molar refractivity (Wildman–Crippen MR) is 54.0 cm³/mol. The van der Waals surface area contributed by atoms with Gasteiger partial charge in [-0.3, -0.25) is 10.1 Å². The van der Waals surface area contributed by atoms with Crippen LogP contribution in [-0.4, -0.2) is 9.91 Å². The summed E-state index contributed by atoms with van der Waals surface area (Å²) in [6.45, 7) is 0. The zero-order chi connectivity index (χ0) is 10.0. The fraction of sp³-hybridized carbons (Fsp3) is 0. The molecule has 0 aliphatic rings. The minimum Gasteiger partial charge on any atom is -0.389 e. The molecule has 1 rings (SSSR count). The minimum absolute atomic E-state index is 0.0331. The normalized spacial score (nSPS) is 9.62. The molecule has 1 aromatic rings. The van der Waals surface area contributed by atoms with E-state index in [0.717, 1.165) is 0 Å². The molecule has 68 valence electrons. The van der Waals surface area contributed by atoms with E-state index in [9.17, 15) is 10.1 Å². The second-order valence-corrected chi connectivity index (χ2v) is 3.10. The molecule has 0 unspecified atom stereocenters. The Morgan fingerprint density at radius 1 is 1.62 bits per heavy atom. The van der Waals surface area contributed by atoms with Gasteiger partial charge in [0.15, 0.2) is 0 Å². The van der Waals surface area contributed by atoms with Gasteiger partial charge in [0.05, 0.1) is 10.5 Å². The quantitative estimate of drug-likeness (QED) is 0.466. The topological polar surface area (TPSA) is 69.2 Å². The predicted octanol–water partition coefficient (Wildman–Crippen LogP) is 1.88. The molecule has 0 radical (unpaired) electrons. The van der Waals surface area contributed by atoms with E-state index in [1.54, 1.807) is 6.07 Å². The first-order valence-corrected chi connectivity index (χ1v) is 4.05. The van der Waals surface area contributed by atoms with Gasteiger partial charge in [0, 0.05) is 0 Å². The Bertz CT molecular complexity index is 381. The van der Waals surface area contributed by atoms with Crippen LogP contribution in [0, 0.1) is 10.1 Å². The third kappa shape index (κ3) is 1.93. The van der Waals surface area contributed by atoms with Crippen molar-refractivity contribution in [3.8, 4) is 0 Å². The Labute approximate surface area is 84.5 Å². The summed E-state index contributed by atoms with van der Waals surface area (Å²) in [6.07, 6.45) is 0. The number of nitrogens with two attached hydrogens (primary N) is 1. The first kappa shape index (κ1) is 9.88. The highest BCUT2D eigenvalue weighted by atomic mass is 35.5. The molecular weight excluding hydrogens is 212 g/mol. The van der Waals surface area contributed by atoms with E-state index in [0.29, 0.717) is 0 Å². The van der Waals surface area contributed by atoms with Gasteiger partial charge in [-0.1, -0.05) is 29.9 Å². The van der Waals surface area contributed by atoms with Gasteiger partial charge in [-0.25, -0.2) is 0 Å². The third-order valence-electron chi connectivity index (χ3n) is 1.43. The van der Waals surface area contributed by atoms with E-state index >= 15 is 0 Å². The van der Waals surface area contributed by atoms with Crippen molar-refractivity contribution in [1.29, 1.82) is 0 Å². The largest absolute Gasteiger partial charge is 0.389 e. The minimum atomic E-state index is -0.600. The lowest BCUT2D eigenvalue weighted by molar-refractivity contribution is -0.384. The maximum atomic E-state index is 10.6. The fourth-order valence-corrected chi connectivity index (χ4v) is 1.31. The van der Waals surface area contributed by atoms with E-state index < -0.39 is 4.92 Å². The van der Waals surface area contributed by atoms with Crippen LogP contribution in [0.5, 0.6) is 0 Å². The molecule has 13 heavy (non-hydrogen) atoms. The summed E-state index contributed by atoms with van der Waals surface area (Å²) in [5, 5.41) is 10.6. The van der Waals surface area contributed by atoms with Gasteiger partial charge in [-0.05, 0) is 12.1 Å². The Balaban J connectivity index is 3.43. The molecule has 4 nitrogen and oxygen atoms in total. The number of halogens is 1. The van der Waals surface area contributed by atoms with Gasteiger partial charge in [-0.15, -0.1) is 0 Å². The zero-order valence-corrected chi connectivity index (χ0v) is 7.93. The molecule has 0 heterocycles. The van der Waals surface area contributed by atoms with Crippen molar-refractivity contribution in [3.05, 3.63) is 38.9 Å². The Morgan fingerprint density at radius 3 is 2.62 bits per heavy atom. The number of nitro groups is 1. The number of nitrogens with zero attached hydrogens (tertiary/aromatic N) is 1. The second-order valence-electron chi connectivity index (χ2n) is 2.26. The monoisotopic (exact) mass is 216 g/mol. The van der Waals surface area contributed by atoms with Gasteiger partial charge in [-0.2, -0.15) is 0 Å². The van der Waals surface area contributed by atoms with Crippen molar-refractivity contribution in [2.45, 2.75) is 0 Å². The molecule has 0 aliphatic heterocycles. The summed E-state index contributed by atoms with van der Waals surface area (Å²) >= 11 is 10.3. The summed E-state index contributed by atoms with van der Waals surface area (Å²) < 4.78 is 0. The van der Waals surface area contributed by atoms with Gasteiger partial charge in [0.2, 0.25) is 0 Å². The number of thiocarbonyl (C=S) groups is 1. The SMILES string of the molecule is NC(=S)c1cccc(Cl)c1[N+](=O)[O-]. The number of para-hydroxylation sites is 1. The van der Waals surface area contributed by atoms with Crippen LogP contribution in [0.25, 0.3) is 0 Å². The second kappa shape index (κ2) is 3.68. The van der Waals surface area contributed by atoms with Crippen molar-refractivity contribution in [2.24, 2.45) is 5.73 Å². The lowest BCUT2D eigenvalue weighted by Crippen LogP contribution is -2.12. The molecule has 0 atom stereocenters. The number of hydrogen-bond donors (Lipinski definition) is 1. The molecule has 0 bridgehead atoms. The van der Waals surface area contributed by atoms with Crippen LogP contribution in [-0.2, 0) is 0 Å². The van der Waals surface area contributed by atoms with Crippen LogP contribution in [0.2, 0.25) is 5.02 Å². The van der Waals surface area contributed by atoms with Crippen molar-refractivity contribution in [3.63, 3.8) is 0 Å². The Hall–Kier alpha value is -1.20. The zero-order valence-electron chi connectivity index (χ0n) is 6.36. The first-order chi connectivity index (χ1) is 6.04. The average Bonchev–Trinajstić information content (AvgIpc) is 2.02. The van der Waals surface area contributed by atoms with Gasteiger partial charge in [0.1, 0.15) is 10.0 Å². The van der Waals surface area contributed by atoms with Crippen LogP contribution >= 0.6 is 23.8 Å². The Kier molecular flexibility index (Phi) is 2.79. The fourth-order valence-electron chi connectivity index (χ4n) is 0.900. The van der Waals surface area contributed by atoms with Gasteiger partial charge < -0.3 is 5.73 Å². The molecule has 1 aromatic carbocycles. The number of rotatable bonds is 2. The molecule has 0 spiro atoms. The standard InChI is InChI=1S/C7H5ClN2O2S/c8-5-3-1-2-4(7(9)13)6(5)10(11)12/h1-3H,(H2,9,13). The van der Waals surface area contributed by atoms with Crippen LogP contribution in [0.4, 0.5) is 5.69 Å². The van der Waals surface area contributed by atoms with Crippen LogP contribution in [0.1, 0.15) is 5.56 Å². The lowest BCUT2D eigenvalue weighted by Gasteiger charge is -2.00. The van der Waals surface area contributed by atoms with Crippen molar-refractivity contribution < 1.29 is 4.92 Å². The van der Waals surface area contributed by atoms with Crippen LogP contribution < -0.4 is 5.73 Å². The number of nitro benzene ring substituents is 1. The third-order valence-corrected chi connectivity index (χ3v) is 1.96. The van der Waals surface area contributed by atoms with Crippen molar-refractivity contribution in [1.82, 2.24) is 0 Å². The molecule has 0 amide bonds. The molecule has 0 aromatic heterocycles. The molecule has 0 aliphatic carbocycles. The summed E-state index contributed by atoms with van der Waals surface area (Å²) in [6, 6.07) is 4.44. The van der Waals surface area contributed by atoms with Gasteiger partial charge in [0.25, 0.3) is 5.69 Å². The number of hydrogen-bond acceptors (Lipinski definition) is 3. The first-order valence-electron chi connectivity index (χ1n) is 3.26. The average molecular weight is 217 g/mol. The van der Waals surface area contributed by atoms with E-state index in [1.165, 1.54) is 12.1 Å². The van der Waals surface area contributed by atoms with Crippen molar-refractivity contribution in [2.75, 3.05) is 0 Å². The molecular formula is C7H5ClN2O2S. The highest BCUT2D eigenvalue weighted by molar-refractivity contribution is 7.80. The molecule has 2 N–H and O–H groups in total. The highest BCUT2D eigenvalue weighted by Gasteiger charge is 2.19. The summed E-state index contributed by atoms with van der Waals surface area (Å²) in [5.41, 5.74) is 5.24. The summed E-state index contributed by atoms with van der Waals surface area (Å²) in [4.78, 5) is 9.92. The van der Waals surface area contributed by atoms with Crippen LogP contribution in [0.15, 0.2) is 18.2 Å². The van der Waals surface area contributed by atoms with E-state index in [-0.39, 0.29) is 21.3 Å². The maximum absolute atomic E-state index is 10.6. The van der Waals surface area contributed by atoms with E-state index in [1.807, 2.05) is 0 Å². The maximum Gasteiger partial charge on any atom is 0.297 e. The van der Waals surface area contributed by atoms with Crippen molar-refractivity contribution >= 4 is 34.5 Å². The smallest absolute Gasteiger partial charge is 0.297 e. The van der Waals surface area contributed by atoms with E-state index in [4.69, 9.17) is 17.3 Å². The van der Waals surface area contributed by atoms with Gasteiger partial charge >= 0.3 is 0 Å². The lowest BCUT2D eigenvalue weighted by atomic mass is 10.2. The molecule has 6 heteroatoms. The Morgan fingerprint density at radius 2 is 2.23 bits per heavy atom. The van der Waals surface area contributed by atoms with Crippen LogP contribution in [0.3, 0.4) is 0 Å². The van der Waals surface area contributed by atoms with E-state index in [2.05, 4.69) is 12.2 Å². The highest BCUT2D eigenvalue weighted by Crippen LogP contribution is 2.27. The molecule has 0 fully saturated rings. The number of benzene rings is 1. The molecule has 0 saturated carbocycles. The summed E-state index contributed by atoms with van der Waals surface area (Å²) in [5.74, 6) is 0. The molecule has 0 saturated heterocycles. The summed E-state index contributed by atoms with van der Waals surface area (Å²) in [7, 11) is 0.